The van der Waals surface area contributed by atoms with Gasteiger partial charge < -0.3 is 15.0 Å². The molecule has 1 fully saturated rings. The number of carbonyl (C=O) groups is 1. The van der Waals surface area contributed by atoms with Gasteiger partial charge in [0, 0.05) is 19.1 Å². The average Bonchev–Trinajstić information content (AvgIpc) is 2.95. The van der Waals surface area contributed by atoms with Crippen LogP contribution >= 0.6 is 0 Å². The van der Waals surface area contributed by atoms with Crippen molar-refractivity contribution in [3.63, 3.8) is 0 Å². The number of nitrogens with zero attached hydrogens (tertiary/aromatic N) is 1. The van der Waals surface area contributed by atoms with Gasteiger partial charge in [0.2, 0.25) is 5.91 Å². The summed E-state index contributed by atoms with van der Waals surface area (Å²) in [6.45, 7) is 2.30. The van der Waals surface area contributed by atoms with Gasteiger partial charge in [-0.15, -0.1) is 0 Å². The van der Waals surface area contributed by atoms with E-state index in [0.717, 1.165) is 44.5 Å². The molecule has 2 aliphatic rings. The Balaban J connectivity index is 1.58. The van der Waals surface area contributed by atoms with Crippen LogP contribution in [0.1, 0.15) is 42.9 Å². The molecule has 1 aliphatic carbocycles. The molecule has 1 amide bonds. The van der Waals surface area contributed by atoms with E-state index in [1.807, 2.05) is 11.0 Å². The lowest BCUT2D eigenvalue weighted by molar-refractivity contribution is -0.131. The third kappa shape index (κ3) is 3.21. The highest BCUT2D eigenvalue weighted by Crippen LogP contribution is 2.33. The fraction of sp³-hybridized carbons (Fsp3) is 0.588. The van der Waals surface area contributed by atoms with Crippen molar-refractivity contribution in [2.45, 2.75) is 38.1 Å². The molecule has 4 nitrogen and oxygen atoms in total. The Hall–Kier alpha value is -1.55. The van der Waals surface area contributed by atoms with Crippen molar-refractivity contribution in [2.75, 3.05) is 26.7 Å². The number of methoxy groups -OCH3 is 1. The first-order chi connectivity index (χ1) is 10.3. The van der Waals surface area contributed by atoms with Crippen molar-refractivity contribution in [2.24, 2.45) is 0 Å². The van der Waals surface area contributed by atoms with E-state index < -0.39 is 0 Å². The maximum Gasteiger partial charge on any atom is 0.236 e. The van der Waals surface area contributed by atoms with Crippen LogP contribution in [-0.4, -0.2) is 37.6 Å². The monoisotopic (exact) mass is 288 g/mol. The van der Waals surface area contributed by atoms with Crippen LogP contribution < -0.4 is 10.1 Å². The molecule has 4 heteroatoms. The van der Waals surface area contributed by atoms with Crippen LogP contribution in [0, 0.1) is 0 Å². The summed E-state index contributed by atoms with van der Waals surface area (Å²) in [4.78, 5) is 14.2. The lowest BCUT2D eigenvalue weighted by Gasteiger charge is -2.27. The third-order valence-electron chi connectivity index (χ3n) is 4.64. The summed E-state index contributed by atoms with van der Waals surface area (Å²) >= 11 is 0. The zero-order chi connectivity index (χ0) is 14.7. The molecule has 1 atom stereocenters. The van der Waals surface area contributed by atoms with E-state index >= 15 is 0 Å². The lowest BCUT2D eigenvalue weighted by atomic mass is 10.1. The number of likely N-dealkylation sites (tertiary alicyclic amines) is 1. The highest BCUT2D eigenvalue weighted by molar-refractivity contribution is 5.78. The van der Waals surface area contributed by atoms with Crippen LogP contribution in [0.2, 0.25) is 0 Å². The van der Waals surface area contributed by atoms with Crippen molar-refractivity contribution in [1.29, 1.82) is 0 Å². The van der Waals surface area contributed by atoms with Gasteiger partial charge in [-0.2, -0.15) is 0 Å². The normalized spacial score (nSPS) is 21.2. The topological polar surface area (TPSA) is 41.6 Å². The van der Waals surface area contributed by atoms with E-state index in [2.05, 4.69) is 17.4 Å². The number of fused-ring (bicyclic) bond motifs is 1. The Morgan fingerprint density at radius 2 is 2.14 bits per heavy atom. The molecule has 114 valence electrons. The van der Waals surface area contributed by atoms with Crippen molar-refractivity contribution >= 4 is 5.91 Å². The highest BCUT2D eigenvalue weighted by atomic mass is 16.5. The molecule has 0 spiro atoms. The molecule has 3 rings (SSSR count). The molecule has 0 aromatic heterocycles. The quantitative estimate of drug-likeness (QED) is 0.924. The zero-order valence-corrected chi connectivity index (χ0v) is 12.7. The minimum atomic E-state index is 0.242. The first-order valence-electron chi connectivity index (χ1n) is 7.96. The number of amides is 1. The maximum absolute atomic E-state index is 12.2. The van der Waals surface area contributed by atoms with Gasteiger partial charge in [-0.05, 0) is 55.4 Å². The van der Waals surface area contributed by atoms with Gasteiger partial charge in [0.15, 0.2) is 0 Å². The van der Waals surface area contributed by atoms with E-state index in [1.54, 1.807) is 7.11 Å². The van der Waals surface area contributed by atoms with Gasteiger partial charge in [0.1, 0.15) is 5.75 Å². The zero-order valence-electron chi connectivity index (χ0n) is 12.7. The molecule has 0 radical (unpaired) electrons. The van der Waals surface area contributed by atoms with Crippen LogP contribution in [0.15, 0.2) is 18.2 Å². The van der Waals surface area contributed by atoms with Crippen molar-refractivity contribution < 1.29 is 9.53 Å². The van der Waals surface area contributed by atoms with E-state index in [0.29, 0.717) is 6.54 Å². The second-order valence-electron chi connectivity index (χ2n) is 5.98. The number of hydrogen-bond donors (Lipinski definition) is 1. The molecule has 0 saturated carbocycles. The number of nitrogens with one attached hydrogen (secondary N) is 1. The van der Waals surface area contributed by atoms with E-state index in [-0.39, 0.29) is 11.9 Å². The van der Waals surface area contributed by atoms with Crippen molar-refractivity contribution in [1.82, 2.24) is 10.2 Å². The second kappa shape index (κ2) is 6.48. The minimum Gasteiger partial charge on any atom is -0.497 e. The maximum atomic E-state index is 12.2. The molecule has 21 heavy (non-hydrogen) atoms. The van der Waals surface area contributed by atoms with Gasteiger partial charge in [0.25, 0.3) is 0 Å². The van der Waals surface area contributed by atoms with E-state index in [1.165, 1.54) is 17.5 Å². The minimum absolute atomic E-state index is 0.242. The number of rotatable bonds is 4. The Morgan fingerprint density at radius 1 is 1.33 bits per heavy atom. The van der Waals surface area contributed by atoms with Crippen LogP contribution in [0.25, 0.3) is 0 Å². The number of carbonyl (C=O) groups excluding carboxylic acids is 1. The summed E-state index contributed by atoms with van der Waals surface area (Å²) < 4.78 is 5.31. The van der Waals surface area contributed by atoms with Crippen LogP contribution in [0.5, 0.6) is 5.75 Å². The average molecular weight is 288 g/mol. The summed E-state index contributed by atoms with van der Waals surface area (Å²) in [5.74, 6) is 1.14. The second-order valence-corrected chi connectivity index (χ2v) is 5.98. The Morgan fingerprint density at radius 3 is 2.90 bits per heavy atom. The summed E-state index contributed by atoms with van der Waals surface area (Å²) in [5.41, 5.74) is 2.67. The van der Waals surface area contributed by atoms with Gasteiger partial charge in [-0.25, -0.2) is 0 Å². The molecule has 1 saturated heterocycles. The molecule has 1 aliphatic heterocycles. The summed E-state index contributed by atoms with van der Waals surface area (Å²) in [6, 6.07) is 6.54. The standard InChI is InChI=1S/C17H24N2O2/c1-21-14-7-5-13-6-8-16(15(13)11-14)18-12-17(20)19-9-3-2-4-10-19/h5,7,11,16,18H,2-4,6,8-10,12H2,1H3. The first-order valence-corrected chi connectivity index (χ1v) is 7.96. The van der Waals surface area contributed by atoms with Gasteiger partial charge >= 0.3 is 0 Å². The molecular weight excluding hydrogens is 264 g/mol. The molecule has 1 heterocycles. The SMILES string of the molecule is COc1ccc2c(c1)C(NCC(=O)N1CCCCC1)CC2. The van der Waals surface area contributed by atoms with Gasteiger partial charge in [0.05, 0.1) is 13.7 Å². The van der Waals surface area contributed by atoms with Crippen molar-refractivity contribution in [3.05, 3.63) is 29.3 Å². The largest absolute Gasteiger partial charge is 0.497 e. The summed E-state index contributed by atoms with van der Waals surface area (Å²) in [6.07, 6.45) is 5.70. The molecule has 0 bridgehead atoms. The predicted molar refractivity (Wildman–Crippen MR) is 82.5 cm³/mol. The Labute approximate surface area is 126 Å². The van der Waals surface area contributed by atoms with Crippen LogP contribution in [0.3, 0.4) is 0 Å². The van der Waals surface area contributed by atoms with Crippen LogP contribution in [0.4, 0.5) is 0 Å². The third-order valence-corrected chi connectivity index (χ3v) is 4.64. The van der Waals surface area contributed by atoms with Gasteiger partial charge in [-0.1, -0.05) is 6.07 Å². The summed E-state index contributed by atoms with van der Waals surface area (Å²) in [5, 5.41) is 3.44. The molecule has 1 aromatic rings. The Kier molecular flexibility index (Phi) is 4.44. The van der Waals surface area contributed by atoms with E-state index in [9.17, 15) is 4.79 Å². The predicted octanol–water partition coefficient (Wildman–Crippen LogP) is 2.28. The first kappa shape index (κ1) is 14.4. The number of hydrogen-bond acceptors (Lipinski definition) is 3. The van der Waals surface area contributed by atoms with Crippen molar-refractivity contribution in [3.8, 4) is 5.75 Å². The molecule has 1 aromatic carbocycles. The number of ether oxygens (including phenoxy) is 1. The fourth-order valence-corrected chi connectivity index (χ4v) is 3.39. The van der Waals surface area contributed by atoms with E-state index in [4.69, 9.17) is 4.74 Å². The fourth-order valence-electron chi connectivity index (χ4n) is 3.39. The van der Waals surface area contributed by atoms with Gasteiger partial charge in [-0.3, -0.25) is 4.79 Å². The lowest BCUT2D eigenvalue weighted by Crippen LogP contribution is -2.41. The number of piperidine rings is 1. The number of aryl methyl sites for hydroxylation is 1. The summed E-state index contributed by atoms with van der Waals surface area (Å²) in [7, 11) is 1.69. The molecular formula is C17H24N2O2. The molecule has 1 N–H and O–H groups in total. The highest BCUT2D eigenvalue weighted by Gasteiger charge is 2.24. The smallest absolute Gasteiger partial charge is 0.236 e. The molecule has 1 unspecified atom stereocenters. The van der Waals surface area contributed by atoms with Crippen LogP contribution in [-0.2, 0) is 11.2 Å². The Bertz CT molecular complexity index is 510. The number of benzene rings is 1.